The van der Waals surface area contributed by atoms with E-state index in [2.05, 4.69) is 4.74 Å². The average Bonchev–Trinajstić information content (AvgIpc) is 2.81. The zero-order valence-electron chi connectivity index (χ0n) is 18.9. The number of amides is 1. The highest BCUT2D eigenvalue weighted by Gasteiger charge is 2.97. The van der Waals surface area contributed by atoms with E-state index in [1.165, 1.54) is 11.4 Å². The summed E-state index contributed by atoms with van der Waals surface area (Å²) in [7, 11) is 0. The third kappa shape index (κ3) is 5.22. The van der Waals surface area contributed by atoms with Gasteiger partial charge in [-0.3, -0.25) is 5.32 Å². The number of para-hydroxylation sites is 1. The van der Waals surface area contributed by atoms with Crippen molar-refractivity contribution in [1.29, 1.82) is 0 Å². The van der Waals surface area contributed by atoms with Crippen LogP contribution in [0.15, 0.2) is 30.3 Å². The van der Waals surface area contributed by atoms with Crippen molar-refractivity contribution in [1.82, 2.24) is 0 Å². The molecule has 4 nitrogen and oxygen atoms in total. The molecular weight excluding hydrogens is 658 g/mol. The van der Waals surface area contributed by atoms with Gasteiger partial charge in [-0.25, -0.2) is 4.79 Å². The molecular formula is C18H9F20NO3. The molecule has 0 aromatic heterocycles. The molecule has 0 atom stereocenters. The standard InChI is InChI=1S/C18H9F20NO3/c19-9(20,6-42-8(40)39-7-4-2-1-3-5-7)10(21,22)11(23,24)12(25,26)13(27,28)14(29,30)15(31,32)16(33,34)17(35,36)18(37,38)41/h1-5,41H,6H2,(H,39,40). The van der Waals surface area contributed by atoms with Crippen LogP contribution in [0, 0.1) is 0 Å². The van der Waals surface area contributed by atoms with Crippen molar-refractivity contribution in [3.05, 3.63) is 30.3 Å². The molecule has 24 heteroatoms. The largest absolute Gasteiger partial charge is 0.443 e. The number of carbonyl (C=O) groups is 1. The van der Waals surface area contributed by atoms with Gasteiger partial charge in [0.25, 0.3) is 0 Å². The summed E-state index contributed by atoms with van der Waals surface area (Å²) in [5.74, 6) is -77.5. The summed E-state index contributed by atoms with van der Waals surface area (Å²) in [5.41, 5.74) is -0.390. The van der Waals surface area contributed by atoms with Crippen LogP contribution in [-0.2, 0) is 4.74 Å². The summed E-state index contributed by atoms with van der Waals surface area (Å²) in [6.07, 6.45) is -9.80. The van der Waals surface area contributed by atoms with Crippen molar-refractivity contribution in [3.8, 4) is 0 Å². The quantitative estimate of drug-likeness (QED) is 0.227. The summed E-state index contributed by atoms with van der Waals surface area (Å²) >= 11 is 0. The number of hydrogen-bond donors (Lipinski definition) is 2. The van der Waals surface area contributed by atoms with E-state index in [1.807, 2.05) is 0 Å². The molecule has 0 saturated carbocycles. The number of rotatable bonds is 12. The van der Waals surface area contributed by atoms with Crippen molar-refractivity contribution in [2.45, 2.75) is 59.4 Å². The monoisotopic (exact) mass is 667 g/mol. The Morgan fingerprint density at radius 1 is 0.548 bits per heavy atom. The molecule has 0 saturated heterocycles. The number of hydrogen-bond acceptors (Lipinski definition) is 3. The van der Waals surface area contributed by atoms with Crippen LogP contribution in [0.2, 0.25) is 0 Å². The van der Waals surface area contributed by atoms with Crippen LogP contribution in [0.4, 0.5) is 98.3 Å². The van der Waals surface area contributed by atoms with Crippen LogP contribution in [0.5, 0.6) is 0 Å². The number of halogens is 20. The van der Waals surface area contributed by atoms with Crippen LogP contribution >= 0.6 is 0 Å². The molecule has 0 spiro atoms. The van der Waals surface area contributed by atoms with Crippen molar-refractivity contribution in [2.24, 2.45) is 0 Å². The van der Waals surface area contributed by atoms with Gasteiger partial charge in [-0.15, -0.1) is 0 Å². The number of alkyl halides is 20. The maximum Gasteiger partial charge on any atom is 0.423 e. The second-order valence-corrected chi connectivity index (χ2v) is 7.91. The molecule has 0 fully saturated rings. The maximum absolute atomic E-state index is 13.8. The third-order valence-corrected chi connectivity index (χ3v) is 5.00. The summed E-state index contributed by atoms with van der Waals surface area (Å²) in [6, 6.07) is 5.43. The molecule has 1 aromatic carbocycles. The summed E-state index contributed by atoms with van der Waals surface area (Å²) in [4.78, 5) is 11.3. The Labute approximate surface area is 217 Å². The number of benzene rings is 1. The first-order valence-electron chi connectivity index (χ1n) is 9.71. The fraction of sp³-hybridized carbons (Fsp3) is 0.611. The van der Waals surface area contributed by atoms with Crippen molar-refractivity contribution >= 4 is 11.8 Å². The van der Waals surface area contributed by atoms with E-state index in [0.717, 1.165) is 24.3 Å². The lowest BCUT2D eigenvalue weighted by Crippen LogP contribution is -2.77. The van der Waals surface area contributed by atoms with E-state index in [-0.39, 0.29) is 0 Å². The van der Waals surface area contributed by atoms with E-state index in [0.29, 0.717) is 0 Å². The van der Waals surface area contributed by atoms with Gasteiger partial charge in [0.05, 0.1) is 0 Å². The minimum Gasteiger partial charge on any atom is -0.443 e. The average molecular weight is 667 g/mol. The first-order chi connectivity index (χ1) is 18.2. The normalized spacial score (nSPS) is 15.5. The first kappa shape index (κ1) is 37.1. The molecule has 2 N–H and O–H groups in total. The number of nitrogens with one attached hydrogen (secondary N) is 1. The van der Waals surface area contributed by atoms with Gasteiger partial charge in [0, 0.05) is 5.69 Å². The highest BCUT2D eigenvalue weighted by molar-refractivity contribution is 5.84. The zero-order valence-corrected chi connectivity index (χ0v) is 18.9. The Hall–Kier alpha value is -2.95. The van der Waals surface area contributed by atoms with E-state index >= 15 is 0 Å². The molecule has 1 amide bonds. The van der Waals surface area contributed by atoms with Gasteiger partial charge in [0.1, 0.15) is 0 Å². The number of ether oxygens (including phenoxy) is 1. The highest BCUT2D eigenvalue weighted by atomic mass is 19.4. The first-order valence-corrected chi connectivity index (χ1v) is 9.71. The lowest BCUT2D eigenvalue weighted by molar-refractivity contribution is -0.479. The van der Waals surface area contributed by atoms with Crippen LogP contribution < -0.4 is 5.32 Å². The number of aliphatic hydroxyl groups is 1. The molecule has 42 heavy (non-hydrogen) atoms. The molecule has 0 bridgehead atoms. The Morgan fingerprint density at radius 3 is 1.19 bits per heavy atom. The molecule has 0 aliphatic rings. The minimum atomic E-state index is -9.19. The Kier molecular flexibility index (Phi) is 9.13. The van der Waals surface area contributed by atoms with Gasteiger partial charge in [-0.1, -0.05) is 18.2 Å². The fourth-order valence-electron chi connectivity index (χ4n) is 2.52. The second-order valence-electron chi connectivity index (χ2n) is 7.91. The zero-order chi connectivity index (χ0) is 33.8. The fourth-order valence-corrected chi connectivity index (χ4v) is 2.52. The van der Waals surface area contributed by atoms with Crippen LogP contribution in [0.1, 0.15) is 0 Å². The molecule has 1 aromatic rings. The molecule has 0 aliphatic carbocycles. The lowest BCUT2D eigenvalue weighted by atomic mass is 9.86. The van der Waals surface area contributed by atoms with Gasteiger partial charge in [-0.2, -0.15) is 87.8 Å². The molecule has 1 rings (SSSR count). The minimum absolute atomic E-state index is 0.390. The van der Waals surface area contributed by atoms with E-state index in [4.69, 9.17) is 5.11 Å². The van der Waals surface area contributed by atoms with Crippen molar-refractivity contribution < 1.29 is 102 Å². The summed E-state index contributed by atoms with van der Waals surface area (Å²) in [5, 5.41) is 9.00. The Balaban J connectivity index is 3.51. The lowest BCUT2D eigenvalue weighted by Gasteiger charge is -2.44. The number of carbonyl (C=O) groups excluding carboxylic acids is 1. The Bertz CT molecular complexity index is 1120. The van der Waals surface area contributed by atoms with E-state index < -0.39 is 77.8 Å². The highest BCUT2D eigenvalue weighted by Crippen LogP contribution is 2.65. The van der Waals surface area contributed by atoms with Gasteiger partial charge in [-0.05, 0) is 12.1 Å². The van der Waals surface area contributed by atoms with Crippen molar-refractivity contribution in [3.63, 3.8) is 0 Å². The number of anilines is 1. The summed E-state index contributed by atoms with van der Waals surface area (Å²) in [6.45, 7) is -3.47. The Morgan fingerprint density at radius 2 is 0.857 bits per heavy atom. The third-order valence-electron chi connectivity index (χ3n) is 5.00. The smallest absolute Gasteiger partial charge is 0.423 e. The molecule has 0 unspecified atom stereocenters. The maximum atomic E-state index is 13.8. The van der Waals surface area contributed by atoms with Crippen LogP contribution in [0.3, 0.4) is 0 Å². The van der Waals surface area contributed by atoms with E-state index in [9.17, 15) is 92.6 Å². The topological polar surface area (TPSA) is 58.6 Å². The molecule has 244 valence electrons. The van der Waals surface area contributed by atoms with Gasteiger partial charge >= 0.3 is 65.5 Å². The SMILES string of the molecule is O=C(Nc1ccccc1)OCC(F)(F)C(F)(F)C(F)(F)C(F)(F)C(F)(F)C(F)(F)C(F)(F)C(F)(F)C(F)(F)C(O)(F)F. The summed E-state index contributed by atoms with van der Waals surface area (Å²) < 4.78 is 272. The van der Waals surface area contributed by atoms with Crippen LogP contribution in [0.25, 0.3) is 0 Å². The van der Waals surface area contributed by atoms with E-state index in [1.54, 1.807) is 0 Å². The van der Waals surface area contributed by atoms with Gasteiger partial charge < -0.3 is 9.84 Å². The van der Waals surface area contributed by atoms with Gasteiger partial charge in [0.2, 0.25) is 0 Å². The molecule has 0 heterocycles. The van der Waals surface area contributed by atoms with Crippen molar-refractivity contribution in [2.75, 3.05) is 11.9 Å². The second kappa shape index (κ2) is 10.3. The predicted molar refractivity (Wildman–Crippen MR) is 93.1 cm³/mol. The van der Waals surface area contributed by atoms with Gasteiger partial charge in [0.15, 0.2) is 6.61 Å². The van der Waals surface area contributed by atoms with Crippen LogP contribution in [-0.4, -0.2) is 77.2 Å². The predicted octanol–water partition coefficient (Wildman–Crippen LogP) is 7.54. The molecule has 0 aliphatic heterocycles. The molecule has 0 radical (unpaired) electrons.